The molecule has 0 aliphatic carbocycles. The Morgan fingerprint density at radius 2 is 2.00 bits per heavy atom. The highest BCUT2D eigenvalue weighted by molar-refractivity contribution is 5.98. The molecule has 4 heterocycles. The number of nitrogens with zero attached hydrogens (tertiary/aromatic N) is 2. The second-order valence-electron chi connectivity index (χ2n) is 9.45. The second kappa shape index (κ2) is 8.47. The summed E-state index contributed by atoms with van der Waals surface area (Å²) in [6.45, 7) is 5.22. The minimum absolute atomic E-state index is 0.0148. The summed E-state index contributed by atoms with van der Waals surface area (Å²) >= 11 is 0. The van der Waals surface area contributed by atoms with Crippen molar-refractivity contribution in [1.29, 1.82) is 0 Å². The number of carbonyl (C=O) groups excluding carboxylic acids is 1. The monoisotopic (exact) mass is 517 g/mol. The second-order valence-corrected chi connectivity index (χ2v) is 9.45. The fourth-order valence-electron chi connectivity index (χ4n) is 5.02. The molecule has 0 spiro atoms. The quantitative estimate of drug-likeness (QED) is 0.380. The number of esters is 1. The van der Waals surface area contributed by atoms with Crippen LogP contribution < -0.4 is 15.6 Å². The number of aliphatic hydroxyl groups is 1. The number of anilines is 1. The minimum Gasteiger partial charge on any atom is -0.494 e. The van der Waals surface area contributed by atoms with E-state index in [2.05, 4.69) is 10.3 Å². The molecule has 37 heavy (non-hydrogen) atoms. The van der Waals surface area contributed by atoms with Crippen LogP contribution in [-0.2, 0) is 34.5 Å². The first-order chi connectivity index (χ1) is 17.4. The van der Waals surface area contributed by atoms with Gasteiger partial charge in [0.15, 0.2) is 11.4 Å². The van der Waals surface area contributed by atoms with Crippen molar-refractivity contribution < 1.29 is 32.5 Å². The first kappa shape index (κ1) is 25.1. The number of aromatic nitrogens is 2. The van der Waals surface area contributed by atoms with E-state index >= 15 is 0 Å². The first-order valence-corrected chi connectivity index (χ1v) is 12.0. The topological polar surface area (TPSA) is 103 Å². The summed E-state index contributed by atoms with van der Waals surface area (Å²) in [5.74, 6) is -1.17. The number of ether oxygens (including phenoxy) is 2. The number of benzene rings is 1. The van der Waals surface area contributed by atoms with Crippen molar-refractivity contribution >= 4 is 22.6 Å². The van der Waals surface area contributed by atoms with E-state index in [4.69, 9.17) is 9.47 Å². The molecule has 5 rings (SSSR count). The lowest BCUT2D eigenvalue weighted by Gasteiger charge is -2.31. The highest BCUT2D eigenvalue weighted by atomic mass is 19.4. The fraction of sp³-hybridized carbons (Fsp3) is 0.423. The van der Waals surface area contributed by atoms with Crippen LogP contribution in [0.1, 0.15) is 55.9 Å². The zero-order chi connectivity index (χ0) is 26.9. The van der Waals surface area contributed by atoms with Crippen LogP contribution in [0.4, 0.5) is 18.9 Å². The maximum absolute atomic E-state index is 14.0. The number of pyridine rings is 2. The van der Waals surface area contributed by atoms with Gasteiger partial charge < -0.3 is 24.5 Å². The average Bonchev–Trinajstić information content (AvgIpc) is 3.22. The van der Waals surface area contributed by atoms with Gasteiger partial charge in [-0.3, -0.25) is 4.79 Å². The highest BCUT2D eigenvalue weighted by Crippen LogP contribution is 2.46. The van der Waals surface area contributed by atoms with E-state index in [1.165, 1.54) is 17.7 Å². The van der Waals surface area contributed by atoms with Crippen molar-refractivity contribution in [3.63, 3.8) is 0 Å². The number of hydrogen-bond donors (Lipinski definition) is 2. The van der Waals surface area contributed by atoms with Gasteiger partial charge in [0, 0.05) is 22.6 Å². The smallest absolute Gasteiger partial charge is 0.420 e. The molecule has 0 radical (unpaired) electrons. The van der Waals surface area contributed by atoms with Gasteiger partial charge in [-0.05, 0) is 38.0 Å². The van der Waals surface area contributed by atoms with Gasteiger partial charge in [-0.15, -0.1) is 0 Å². The van der Waals surface area contributed by atoms with E-state index in [1.807, 2.05) is 13.8 Å². The summed E-state index contributed by atoms with van der Waals surface area (Å²) in [6.07, 6.45) is -4.05. The molecular weight excluding hydrogens is 491 g/mol. The molecule has 0 saturated heterocycles. The maximum Gasteiger partial charge on any atom is 0.420 e. The van der Waals surface area contributed by atoms with E-state index in [1.54, 1.807) is 13.0 Å². The molecule has 3 aromatic rings. The Labute approximate surface area is 210 Å². The van der Waals surface area contributed by atoms with Crippen LogP contribution >= 0.6 is 0 Å². The number of alkyl halides is 3. The van der Waals surface area contributed by atoms with Gasteiger partial charge in [0.05, 0.1) is 41.8 Å². The van der Waals surface area contributed by atoms with Crippen molar-refractivity contribution in [3.8, 4) is 17.1 Å². The highest BCUT2D eigenvalue weighted by Gasteiger charge is 2.45. The Morgan fingerprint density at radius 3 is 2.62 bits per heavy atom. The minimum atomic E-state index is -4.70. The number of carbonyl (C=O) groups is 1. The molecule has 0 saturated carbocycles. The zero-order valence-electron chi connectivity index (χ0n) is 20.7. The van der Waals surface area contributed by atoms with Crippen molar-refractivity contribution in [3.05, 3.63) is 50.8 Å². The number of fused-ring (bicyclic) bond motifs is 5. The van der Waals surface area contributed by atoms with Crippen molar-refractivity contribution in [2.75, 3.05) is 12.4 Å². The lowest BCUT2D eigenvalue weighted by Crippen LogP contribution is -2.44. The molecule has 0 amide bonds. The Balaban J connectivity index is 1.79. The summed E-state index contributed by atoms with van der Waals surface area (Å²) in [4.78, 5) is 30.3. The molecule has 196 valence electrons. The summed E-state index contributed by atoms with van der Waals surface area (Å²) in [7, 11) is 1.19. The van der Waals surface area contributed by atoms with Gasteiger partial charge in [0.2, 0.25) is 0 Å². The SMILES string of the molecule is CCC(C)Nc1c(OC)c(C(F)(F)F)cc2nc3c(cc12)Cn1c-3cc2c(c1=O)COC(=O)[C@]2(O)CC. The van der Waals surface area contributed by atoms with Gasteiger partial charge in [-0.2, -0.15) is 13.2 Å². The molecule has 11 heteroatoms. The number of cyclic esters (lactones) is 1. The molecule has 2 N–H and O–H groups in total. The molecule has 2 aliphatic heterocycles. The summed E-state index contributed by atoms with van der Waals surface area (Å²) < 4.78 is 53.8. The number of methoxy groups -OCH3 is 1. The third-order valence-corrected chi connectivity index (χ3v) is 7.28. The zero-order valence-corrected chi connectivity index (χ0v) is 20.7. The predicted octanol–water partition coefficient (Wildman–Crippen LogP) is 4.32. The molecule has 1 aromatic carbocycles. The predicted molar refractivity (Wildman–Crippen MR) is 129 cm³/mol. The summed E-state index contributed by atoms with van der Waals surface area (Å²) in [5.41, 5.74) is -1.58. The molecule has 2 atom stereocenters. The Hall–Kier alpha value is -3.60. The van der Waals surface area contributed by atoms with Gasteiger partial charge >= 0.3 is 12.1 Å². The molecule has 8 nitrogen and oxygen atoms in total. The first-order valence-electron chi connectivity index (χ1n) is 12.0. The summed E-state index contributed by atoms with van der Waals surface area (Å²) in [6, 6.07) is 4.03. The number of nitrogens with one attached hydrogen (secondary N) is 1. The molecule has 0 fully saturated rings. The van der Waals surface area contributed by atoms with Crippen molar-refractivity contribution in [2.45, 2.75) is 64.6 Å². The normalized spacial score (nSPS) is 19.2. The Bertz CT molecular complexity index is 1510. The molecule has 0 bridgehead atoms. The van der Waals surface area contributed by atoms with Gasteiger partial charge in [-0.25, -0.2) is 9.78 Å². The Morgan fingerprint density at radius 1 is 1.27 bits per heavy atom. The van der Waals surface area contributed by atoms with Crippen LogP contribution in [0.15, 0.2) is 23.0 Å². The van der Waals surface area contributed by atoms with E-state index in [-0.39, 0.29) is 53.7 Å². The van der Waals surface area contributed by atoms with E-state index < -0.39 is 28.9 Å². The van der Waals surface area contributed by atoms with Crippen LogP contribution in [0.5, 0.6) is 5.75 Å². The van der Waals surface area contributed by atoms with E-state index in [0.29, 0.717) is 28.8 Å². The number of halogens is 3. The average molecular weight is 518 g/mol. The lowest BCUT2D eigenvalue weighted by atomic mass is 9.86. The van der Waals surface area contributed by atoms with E-state index in [9.17, 15) is 27.9 Å². The summed E-state index contributed by atoms with van der Waals surface area (Å²) in [5, 5.41) is 14.6. The Kier molecular flexibility index (Phi) is 5.74. The van der Waals surface area contributed by atoms with Crippen molar-refractivity contribution in [2.24, 2.45) is 0 Å². The van der Waals surface area contributed by atoms with Crippen LogP contribution in [0, 0.1) is 0 Å². The van der Waals surface area contributed by atoms with Crippen LogP contribution in [0.2, 0.25) is 0 Å². The maximum atomic E-state index is 14.0. The van der Waals surface area contributed by atoms with Gasteiger partial charge in [-0.1, -0.05) is 13.8 Å². The van der Waals surface area contributed by atoms with Crippen LogP contribution in [-0.4, -0.2) is 33.8 Å². The molecule has 2 aliphatic rings. The lowest BCUT2D eigenvalue weighted by molar-refractivity contribution is -0.172. The van der Waals surface area contributed by atoms with Gasteiger partial charge in [0.1, 0.15) is 12.2 Å². The third kappa shape index (κ3) is 3.66. The van der Waals surface area contributed by atoms with Crippen LogP contribution in [0.3, 0.4) is 0 Å². The molecule has 2 aromatic heterocycles. The van der Waals surface area contributed by atoms with E-state index in [0.717, 1.165) is 6.07 Å². The van der Waals surface area contributed by atoms with Gasteiger partial charge in [0.25, 0.3) is 5.56 Å². The van der Waals surface area contributed by atoms with Crippen molar-refractivity contribution in [1.82, 2.24) is 9.55 Å². The number of hydrogen-bond acceptors (Lipinski definition) is 7. The molecule has 1 unspecified atom stereocenters. The fourth-order valence-corrected chi connectivity index (χ4v) is 5.02. The number of rotatable bonds is 5. The van der Waals surface area contributed by atoms with Crippen LogP contribution in [0.25, 0.3) is 22.3 Å². The molecular formula is C26H26F3N3O5. The largest absolute Gasteiger partial charge is 0.494 e. The standard InChI is InChI=1S/C26H26F3N3O5/c1-5-12(3)30-21-14-7-13-10-32-19(9-16-15(23(32)33)11-37-24(34)25(16,35)6-2)20(13)31-18(14)8-17(22(21)36-4)26(27,28)29/h7-9,12,30,35H,5-6,10-11H2,1-4H3/t12?,25-/m0/s1. The third-order valence-electron chi connectivity index (χ3n) is 7.28.